The molecule has 6 heteroatoms. The number of amides is 2. The van der Waals surface area contributed by atoms with Gasteiger partial charge in [0.05, 0.1) is 5.92 Å². The molecule has 102 valence electrons. The first-order chi connectivity index (χ1) is 8.49. The van der Waals surface area contributed by atoms with Crippen molar-refractivity contribution in [3.05, 3.63) is 0 Å². The average Bonchev–Trinajstić information content (AvgIpc) is 2.74. The molecule has 0 aromatic rings. The fourth-order valence-corrected chi connectivity index (χ4v) is 2.82. The second kappa shape index (κ2) is 5.14. The van der Waals surface area contributed by atoms with E-state index < -0.39 is 5.97 Å². The van der Waals surface area contributed by atoms with Gasteiger partial charge in [0.15, 0.2) is 0 Å². The zero-order valence-corrected chi connectivity index (χ0v) is 10.7. The van der Waals surface area contributed by atoms with Crippen molar-refractivity contribution >= 4 is 12.0 Å². The molecule has 3 atom stereocenters. The Morgan fingerprint density at radius 2 is 2.00 bits per heavy atom. The number of nitrogens with zero attached hydrogens (tertiary/aromatic N) is 2. The van der Waals surface area contributed by atoms with Gasteiger partial charge in [-0.15, -0.1) is 0 Å². The van der Waals surface area contributed by atoms with E-state index in [2.05, 4.69) is 0 Å². The van der Waals surface area contributed by atoms with Crippen molar-refractivity contribution in [1.29, 1.82) is 0 Å². The zero-order chi connectivity index (χ0) is 13.3. The van der Waals surface area contributed by atoms with Gasteiger partial charge >= 0.3 is 12.0 Å². The molecule has 2 amide bonds. The van der Waals surface area contributed by atoms with Crippen molar-refractivity contribution in [2.75, 3.05) is 19.6 Å². The quantitative estimate of drug-likeness (QED) is 0.706. The predicted molar refractivity (Wildman–Crippen MR) is 66.1 cm³/mol. The van der Waals surface area contributed by atoms with Gasteiger partial charge in [-0.25, -0.2) is 4.79 Å². The highest BCUT2D eigenvalue weighted by atomic mass is 16.4. The maximum Gasteiger partial charge on any atom is 0.320 e. The zero-order valence-electron chi connectivity index (χ0n) is 10.7. The van der Waals surface area contributed by atoms with Gasteiger partial charge in [0, 0.05) is 31.7 Å². The molecule has 2 saturated heterocycles. The highest BCUT2D eigenvalue weighted by molar-refractivity contribution is 5.76. The summed E-state index contributed by atoms with van der Waals surface area (Å²) in [4.78, 5) is 26.8. The van der Waals surface area contributed by atoms with Crippen LogP contribution in [0.15, 0.2) is 0 Å². The lowest BCUT2D eigenvalue weighted by Gasteiger charge is -2.38. The molecule has 0 spiro atoms. The second-order valence-corrected chi connectivity index (χ2v) is 5.38. The maximum atomic E-state index is 12.3. The minimum Gasteiger partial charge on any atom is -0.481 e. The van der Waals surface area contributed by atoms with Gasteiger partial charge in [-0.3, -0.25) is 4.79 Å². The van der Waals surface area contributed by atoms with Crippen LogP contribution >= 0.6 is 0 Å². The first kappa shape index (κ1) is 13.1. The number of urea groups is 1. The first-order valence-electron chi connectivity index (χ1n) is 6.53. The van der Waals surface area contributed by atoms with Gasteiger partial charge < -0.3 is 20.6 Å². The van der Waals surface area contributed by atoms with E-state index in [1.165, 1.54) is 0 Å². The fourth-order valence-electron chi connectivity index (χ4n) is 2.82. The Bertz CT molecular complexity index is 347. The van der Waals surface area contributed by atoms with Gasteiger partial charge in [0.25, 0.3) is 0 Å². The van der Waals surface area contributed by atoms with Crippen LogP contribution in [0.3, 0.4) is 0 Å². The summed E-state index contributed by atoms with van der Waals surface area (Å²) in [7, 11) is 0. The predicted octanol–water partition coefficient (Wildman–Crippen LogP) is 0.325. The Morgan fingerprint density at radius 3 is 2.50 bits per heavy atom. The normalized spacial score (nSPS) is 32.7. The van der Waals surface area contributed by atoms with Crippen LogP contribution in [-0.2, 0) is 4.79 Å². The van der Waals surface area contributed by atoms with Gasteiger partial charge in [-0.2, -0.15) is 0 Å². The smallest absolute Gasteiger partial charge is 0.320 e. The number of piperidine rings is 1. The maximum absolute atomic E-state index is 12.3. The van der Waals surface area contributed by atoms with Crippen LogP contribution < -0.4 is 5.73 Å². The number of carbonyl (C=O) groups excluding carboxylic acids is 1. The van der Waals surface area contributed by atoms with Crippen LogP contribution in [0.25, 0.3) is 0 Å². The summed E-state index contributed by atoms with van der Waals surface area (Å²) < 4.78 is 0. The minimum atomic E-state index is -0.753. The lowest BCUT2D eigenvalue weighted by Crippen LogP contribution is -2.51. The molecule has 0 aliphatic carbocycles. The fraction of sp³-hybridized carbons (Fsp3) is 0.833. The Kier molecular flexibility index (Phi) is 3.75. The Morgan fingerprint density at radius 1 is 1.28 bits per heavy atom. The lowest BCUT2D eigenvalue weighted by atomic mass is 9.92. The summed E-state index contributed by atoms with van der Waals surface area (Å²) in [5, 5.41) is 9.00. The highest BCUT2D eigenvalue weighted by Gasteiger charge is 2.35. The molecule has 2 rings (SSSR count). The number of nitrogens with two attached hydrogens (primary N) is 1. The van der Waals surface area contributed by atoms with Crippen LogP contribution in [0.2, 0.25) is 0 Å². The number of likely N-dealkylation sites (tertiary alicyclic amines) is 2. The summed E-state index contributed by atoms with van der Waals surface area (Å²) in [6.45, 7) is 3.78. The molecule has 0 saturated carbocycles. The van der Waals surface area contributed by atoms with Crippen LogP contribution in [0.4, 0.5) is 4.79 Å². The summed E-state index contributed by atoms with van der Waals surface area (Å²) in [5.74, 6) is -1.07. The third kappa shape index (κ3) is 2.58. The van der Waals surface area contributed by atoms with Gasteiger partial charge in [0.2, 0.25) is 0 Å². The summed E-state index contributed by atoms with van der Waals surface area (Å²) in [6.07, 6.45) is 1.94. The van der Waals surface area contributed by atoms with Gasteiger partial charge in [-0.1, -0.05) is 0 Å². The molecule has 0 radical (unpaired) electrons. The van der Waals surface area contributed by atoms with Crippen molar-refractivity contribution in [2.45, 2.75) is 38.3 Å². The molecule has 0 bridgehead atoms. The van der Waals surface area contributed by atoms with E-state index in [9.17, 15) is 9.59 Å². The van der Waals surface area contributed by atoms with Crippen LogP contribution in [-0.4, -0.2) is 58.6 Å². The minimum absolute atomic E-state index is 0.0100. The van der Waals surface area contributed by atoms with E-state index in [0.29, 0.717) is 32.5 Å². The topological polar surface area (TPSA) is 86.9 Å². The van der Waals surface area contributed by atoms with E-state index >= 15 is 0 Å². The van der Waals surface area contributed by atoms with Crippen molar-refractivity contribution < 1.29 is 14.7 Å². The third-order valence-corrected chi connectivity index (χ3v) is 3.97. The van der Waals surface area contributed by atoms with Crippen molar-refractivity contribution in [3.63, 3.8) is 0 Å². The largest absolute Gasteiger partial charge is 0.481 e. The molecule has 0 aromatic heterocycles. The Labute approximate surface area is 107 Å². The Balaban J connectivity index is 1.94. The molecular weight excluding hydrogens is 234 g/mol. The molecule has 3 N–H and O–H groups in total. The molecule has 2 aliphatic rings. The van der Waals surface area contributed by atoms with Crippen LogP contribution in [0.1, 0.15) is 26.2 Å². The van der Waals surface area contributed by atoms with E-state index in [0.717, 1.165) is 6.42 Å². The number of hydrogen-bond acceptors (Lipinski definition) is 3. The molecule has 2 heterocycles. The number of carboxylic acids is 1. The van der Waals surface area contributed by atoms with Crippen molar-refractivity contribution in [3.8, 4) is 0 Å². The number of carbonyl (C=O) groups is 2. The molecule has 3 unspecified atom stereocenters. The number of hydrogen-bond donors (Lipinski definition) is 2. The Hall–Kier alpha value is -1.30. The SMILES string of the molecule is CC1CC(C(=O)O)CCN1C(=O)N1CCC(N)C1. The standard InChI is InChI=1S/C12H21N3O3/c1-8-6-9(11(16)17)2-5-15(8)12(18)14-4-3-10(13)7-14/h8-10H,2-7,13H2,1H3,(H,16,17). The molecular formula is C12H21N3O3. The monoisotopic (exact) mass is 255 g/mol. The molecule has 2 aliphatic heterocycles. The molecule has 0 aromatic carbocycles. The lowest BCUT2D eigenvalue weighted by molar-refractivity contribution is -0.143. The second-order valence-electron chi connectivity index (χ2n) is 5.38. The molecule has 18 heavy (non-hydrogen) atoms. The van der Waals surface area contributed by atoms with Crippen molar-refractivity contribution in [1.82, 2.24) is 9.80 Å². The van der Waals surface area contributed by atoms with Crippen LogP contribution in [0.5, 0.6) is 0 Å². The first-order valence-corrected chi connectivity index (χ1v) is 6.53. The summed E-state index contributed by atoms with van der Waals surface area (Å²) in [6, 6.07) is 0.0873. The van der Waals surface area contributed by atoms with Crippen molar-refractivity contribution in [2.24, 2.45) is 11.7 Å². The number of carboxylic acid groups (broad SMARTS) is 1. The van der Waals surface area contributed by atoms with E-state index in [-0.39, 0.29) is 24.0 Å². The van der Waals surface area contributed by atoms with Gasteiger partial charge in [-0.05, 0) is 26.2 Å². The summed E-state index contributed by atoms with van der Waals surface area (Å²) in [5.41, 5.74) is 5.80. The third-order valence-electron chi connectivity index (χ3n) is 3.97. The highest BCUT2D eigenvalue weighted by Crippen LogP contribution is 2.24. The molecule has 6 nitrogen and oxygen atoms in total. The summed E-state index contributed by atoms with van der Waals surface area (Å²) >= 11 is 0. The average molecular weight is 255 g/mol. The van der Waals surface area contributed by atoms with Crippen LogP contribution in [0, 0.1) is 5.92 Å². The van der Waals surface area contributed by atoms with E-state index in [1.807, 2.05) is 6.92 Å². The van der Waals surface area contributed by atoms with Gasteiger partial charge in [0.1, 0.15) is 0 Å². The van der Waals surface area contributed by atoms with E-state index in [4.69, 9.17) is 10.8 Å². The number of aliphatic carboxylic acids is 1. The number of rotatable bonds is 1. The van der Waals surface area contributed by atoms with E-state index in [1.54, 1.807) is 9.80 Å². The molecule has 2 fully saturated rings.